The zero-order valence-corrected chi connectivity index (χ0v) is 11.7. The molecule has 0 radical (unpaired) electrons. The van der Waals surface area contributed by atoms with Crippen LogP contribution < -0.4 is 5.73 Å². The first-order valence-electron chi connectivity index (χ1n) is 5.22. The van der Waals surface area contributed by atoms with Crippen molar-refractivity contribution in [3.63, 3.8) is 0 Å². The average Bonchev–Trinajstić information content (AvgIpc) is 2.33. The van der Waals surface area contributed by atoms with Gasteiger partial charge in [-0.3, -0.25) is 0 Å². The highest BCUT2D eigenvalue weighted by Crippen LogP contribution is 2.35. The first kappa shape index (κ1) is 13.5. The fourth-order valence-corrected chi connectivity index (χ4v) is 3.16. The van der Waals surface area contributed by atoms with E-state index in [2.05, 4.69) is 15.9 Å². The number of nitrogens with two attached hydrogens (primary N) is 1. The van der Waals surface area contributed by atoms with E-state index in [-0.39, 0.29) is 0 Å². The maximum absolute atomic E-state index is 13.6. The lowest BCUT2D eigenvalue weighted by Gasteiger charge is -2.09. The molecule has 2 aromatic carbocycles. The summed E-state index contributed by atoms with van der Waals surface area (Å²) < 4.78 is 27.3. The molecule has 0 aliphatic rings. The van der Waals surface area contributed by atoms with Gasteiger partial charge in [-0.1, -0.05) is 33.8 Å². The van der Waals surface area contributed by atoms with Crippen LogP contribution in [0.25, 0.3) is 0 Å². The highest BCUT2D eigenvalue weighted by molar-refractivity contribution is 9.10. The molecule has 94 valence electrons. The van der Waals surface area contributed by atoms with Crippen LogP contribution in [-0.4, -0.2) is 0 Å². The summed E-state index contributed by atoms with van der Waals surface area (Å²) in [4.78, 5) is 1.24. The Kier molecular flexibility index (Phi) is 4.37. The first-order valence-corrected chi connectivity index (χ1v) is 6.83. The fraction of sp³-hybridized carbons (Fsp3) is 0.0769. The van der Waals surface area contributed by atoms with E-state index in [1.807, 2.05) is 18.2 Å². The van der Waals surface area contributed by atoms with Gasteiger partial charge in [0.05, 0.1) is 0 Å². The molecule has 0 spiro atoms. The summed E-state index contributed by atoms with van der Waals surface area (Å²) in [7, 11) is 0. The standard InChI is InChI=1S/C13H10BrF2NS/c14-10-2-1-3-12(9(10)7-17)18-13-5-4-8(15)6-11(13)16/h1-6H,7,17H2. The van der Waals surface area contributed by atoms with E-state index in [9.17, 15) is 8.78 Å². The Morgan fingerprint density at radius 1 is 1.11 bits per heavy atom. The summed E-state index contributed by atoms with van der Waals surface area (Å²) in [6.07, 6.45) is 0. The number of halogens is 3. The number of hydrogen-bond acceptors (Lipinski definition) is 2. The van der Waals surface area contributed by atoms with E-state index in [1.165, 1.54) is 23.9 Å². The van der Waals surface area contributed by atoms with Gasteiger partial charge in [0.25, 0.3) is 0 Å². The van der Waals surface area contributed by atoms with Gasteiger partial charge in [-0.15, -0.1) is 0 Å². The largest absolute Gasteiger partial charge is 0.326 e. The molecular weight excluding hydrogens is 320 g/mol. The van der Waals surface area contributed by atoms with Crippen molar-refractivity contribution in [1.29, 1.82) is 0 Å². The predicted octanol–water partition coefficient (Wildman–Crippen LogP) is 4.34. The van der Waals surface area contributed by atoms with Crippen molar-refractivity contribution < 1.29 is 8.78 Å². The van der Waals surface area contributed by atoms with Crippen molar-refractivity contribution in [2.45, 2.75) is 16.3 Å². The Labute approximate surface area is 117 Å². The molecule has 0 saturated carbocycles. The second-order valence-corrected chi connectivity index (χ2v) is 5.54. The van der Waals surface area contributed by atoms with Crippen molar-refractivity contribution in [2.24, 2.45) is 5.73 Å². The van der Waals surface area contributed by atoms with Crippen LogP contribution in [-0.2, 0) is 6.54 Å². The lowest BCUT2D eigenvalue weighted by atomic mass is 10.2. The van der Waals surface area contributed by atoms with Gasteiger partial charge in [0.2, 0.25) is 0 Å². The molecule has 2 N–H and O–H groups in total. The quantitative estimate of drug-likeness (QED) is 0.906. The number of rotatable bonds is 3. The van der Waals surface area contributed by atoms with Gasteiger partial charge in [0.1, 0.15) is 11.6 Å². The van der Waals surface area contributed by atoms with E-state index in [0.717, 1.165) is 21.0 Å². The molecule has 0 atom stereocenters. The summed E-state index contributed by atoms with van der Waals surface area (Å²) in [6.45, 7) is 0.354. The SMILES string of the molecule is NCc1c(Br)cccc1Sc1ccc(F)cc1F. The molecule has 0 bridgehead atoms. The number of hydrogen-bond donors (Lipinski definition) is 1. The smallest absolute Gasteiger partial charge is 0.140 e. The highest BCUT2D eigenvalue weighted by Gasteiger charge is 2.10. The first-order chi connectivity index (χ1) is 8.61. The van der Waals surface area contributed by atoms with E-state index in [1.54, 1.807) is 0 Å². The van der Waals surface area contributed by atoms with E-state index >= 15 is 0 Å². The molecule has 0 saturated heterocycles. The van der Waals surface area contributed by atoms with Gasteiger partial charge in [-0.25, -0.2) is 8.78 Å². The van der Waals surface area contributed by atoms with Crippen LogP contribution in [0.15, 0.2) is 50.7 Å². The summed E-state index contributed by atoms with van der Waals surface area (Å²) >= 11 is 4.64. The zero-order valence-electron chi connectivity index (χ0n) is 9.29. The lowest BCUT2D eigenvalue weighted by Crippen LogP contribution is -1.99. The Bertz CT molecular complexity index is 575. The molecule has 0 aliphatic carbocycles. The molecule has 2 aromatic rings. The van der Waals surface area contributed by atoms with Crippen LogP contribution in [0, 0.1) is 11.6 Å². The molecule has 1 nitrogen and oxygen atoms in total. The zero-order chi connectivity index (χ0) is 13.1. The molecule has 0 unspecified atom stereocenters. The van der Waals surface area contributed by atoms with Crippen LogP contribution in [0.2, 0.25) is 0 Å². The Morgan fingerprint density at radius 2 is 1.89 bits per heavy atom. The summed E-state index contributed by atoms with van der Waals surface area (Å²) in [5.41, 5.74) is 6.58. The summed E-state index contributed by atoms with van der Waals surface area (Å²) in [5.74, 6) is -1.15. The van der Waals surface area contributed by atoms with Gasteiger partial charge in [-0.05, 0) is 29.8 Å². The van der Waals surface area contributed by atoms with Crippen LogP contribution in [0.5, 0.6) is 0 Å². The van der Waals surface area contributed by atoms with Crippen LogP contribution in [0.1, 0.15) is 5.56 Å². The minimum absolute atomic E-state index is 0.354. The van der Waals surface area contributed by atoms with Crippen molar-refractivity contribution >= 4 is 27.7 Å². The topological polar surface area (TPSA) is 26.0 Å². The van der Waals surface area contributed by atoms with Gasteiger partial charge in [-0.2, -0.15) is 0 Å². The van der Waals surface area contributed by atoms with Crippen LogP contribution >= 0.6 is 27.7 Å². The molecule has 5 heteroatoms. The highest BCUT2D eigenvalue weighted by atomic mass is 79.9. The fourth-order valence-electron chi connectivity index (χ4n) is 1.51. The normalized spacial score (nSPS) is 10.7. The van der Waals surface area contributed by atoms with Crippen LogP contribution in [0.4, 0.5) is 8.78 Å². The minimum atomic E-state index is -0.579. The lowest BCUT2D eigenvalue weighted by molar-refractivity contribution is 0.565. The second kappa shape index (κ2) is 5.82. The molecule has 0 aromatic heterocycles. The van der Waals surface area contributed by atoms with Crippen molar-refractivity contribution in [3.8, 4) is 0 Å². The van der Waals surface area contributed by atoms with Gasteiger partial charge in [0, 0.05) is 26.9 Å². The molecule has 2 rings (SSSR count). The molecule has 0 aliphatic heterocycles. The second-order valence-electron chi connectivity index (χ2n) is 3.60. The van der Waals surface area contributed by atoms with Crippen molar-refractivity contribution in [1.82, 2.24) is 0 Å². The third kappa shape index (κ3) is 2.91. The predicted molar refractivity (Wildman–Crippen MR) is 72.5 cm³/mol. The molecular formula is C13H10BrF2NS. The Morgan fingerprint density at radius 3 is 2.56 bits per heavy atom. The maximum Gasteiger partial charge on any atom is 0.140 e. The molecule has 18 heavy (non-hydrogen) atoms. The van der Waals surface area contributed by atoms with E-state index in [4.69, 9.17) is 5.73 Å². The maximum atomic E-state index is 13.6. The van der Waals surface area contributed by atoms with Crippen molar-refractivity contribution in [2.75, 3.05) is 0 Å². The monoisotopic (exact) mass is 329 g/mol. The Balaban J connectivity index is 2.37. The molecule has 0 heterocycles. The van der Waals surface area contributed by atoms with Gasteiger partial charge >= 0.3 is 0 Å². The summed E-state index contributed by atoms with van der Waals surface area (Å²) in [6, 6.07) is 9.14. The Hall–Kier alpha value is -0.910. The van der Waals surface area contributed by atoms with E-state index < -0.39 is 11.6 Å². The average molecular weight is 330 g/mol. The number of benzene rings is 2. The van der Waals surface area contributed by atoms with Gasteiger partial charge < -0.3 is 5.73 Å². The molecule has 0 amide bonds. The van der Waals surface area contributed by atoms with Crippen LogP contribution in [0.3, 0.4) is 0 Å². The molecule has 0 fully saturated rings. The van der Waals surface area contributed by atoms with Gasteiger partial charge in [0.15, 0.2) is 0 Å². The van der Waals surface area contributed by atoms with Crippen molar-refractivity contribution in [3.05, 3.63) is 58.1 Å². The third-order valence-electron chi connectivity index (χ3n) is 2.39. The van der Waals surface area contributed by atoms with E-state index in [0.29, 0.717) is 11.4 Å². The minimum Gasteiger partial charge on any atom is -0.326 e. The third-order valence-corrected chi connectivity index (χ3v) is 4.29. The summed E-state index contributed by atoms with van der Waals surface area (Å²) in [5, 5.41) is 0.